The van der Waals surface area contributed by atoms with Gasteiger partial charge >= 0.3 is 0 Å². The molecule has 0 spiro atoms. The van der Waals surface area contributed by atoms with E-state index in [-0.39, 0.29) is 18.2 Å². The van der Waals surface area contributed by atoms with Crippen molar-refractivity contribution in [2.75, 3.05) is 6.54 Å². The number of aromatic nitrogens is 1. The van der Waals surface area contributed by atoms with Crippen LogP contribution in [0.4, 0.5) is 0 Å². The average molecular weight is 412 g/mol. The number of aromatic amines is 1. The Hall–Kier alpha value is -3.86. The lowest BCUT2D eigenvalue weighted by molar-refractivity contribution is -0.121. The highest BCUT2D eigenvalue weighted by molar-refractivity contribution is 5.94. The number of carbonyl (C=O) groups excluding carboxylic acids is 2. The van der Waals surface area contributed by atoms with Crippen molar-refractivity contribution < 1.29 is 9.59 Å². The maximum absolute atomic E-state index is 12.7. The van der Waals surface area contributed by atoms with Crippen LogP contribution in [0.5, 0.6) is 0 Å². The van der Waals surface area contributed by atoms with Crippen molar-refractivity contribution in [3.05, 3.63) is 108 Å². The molecule has 5 nitrogen and oxygen atoms in total. The molecule has 3 N–H and O–H groups in total. The van der Waals surface area contributed by atoms with E-state index in [0.717, 1.165) is 17.5 Å². The highest BCUT2D eigenvalue weighted by atomic mass is 16.2. The van der Waals surface area contributed by atoms with Gasteiger partial charge in [-0.25, -0.2) is 0 Å². The molecular weight excluding hydrogens is 386 g/mol. The minimum absolute atomic E-state index is 0.0953. The standard InChI is InChI=1S/C26H25N3O2/c30-25(27-16-15-21-18-28-23-14-8-7-13-22(21)23)17-24(19-9-3-1-4-10-19)29-26(31)20-11-5-2-6-12-20/h1-14,18,24,28H,15-17H2,(H,27,30)(H,29,31)/t24-/m1/s1. The highest BCUT2D eigenvalue weighted by Crippen LogP contribution is 2.19. The van der Waals surface area contributed by atoms with Gasteiger partial charge in [0, 0.05) is 29.2 Å². The van der Waals surface area contributed by atoms with Gasteiger partial charge in [0.15, 0.2) is 0 Å². The van der Waals surface area contributed by atoms with Crippen LogP contribution in [0.15, 0.2) is 91.1 Å². The first kappa shape index (κ1) is 20.4. The molecule has 1 heterocycles. The number of fused-ring (bicyclic) bond motifs is 1. The SMILES string of the molecule is O=C(C[C@@H](NC(=O)c1ccccc1)c1ccccc1)NCCc1c[nH]c2ccccc12. The van der Waals surface area contributed by atoms with Crippen LogP contribution >= 0.6 is 0 Å². The topological polar surface area (TPSA) is 74.0 Å². The Kier molecular flexibility index (Phi) is 6.43. The zero-order chi connectivity index (χ0) is 21.5. The van der Waals surface area contributed by atoms with Gasteiger partial charge < -0.3 is 15.6 Å². The Bertz CT molecular complexity index is 1150. The van der Waals surface area contributed by atoms with Crippen molar-refractivity contribution in [1.29, 1.82) is 0 Å². The van der Waals surface area contributed by atoms with E-state index in [4.69, 9.17) is 0 Å². The van der Waals surface area contributed by atoms with E-state index in [0.29, 0.717) is 12.1 Å². The number of hydrogen-bond donors (Lipinski definition) is 3. The molecule has 1 aromatic heterocycles. The van der Waals surface area contributed by atoms with Crippen LogP contribution in [0.25, 0.3) is 10.9 Å². The van der Waals surface area contributed by atoms with Crippen LogP contribution in [-0.4, -0.2) is 23.3 Å². The molecule has 0 saturated carbocycles. The molecule has 0 aliphatic heterocycles. The third-order valence-electron chi connectivity index (χ3n) is 5.32. The number of para-hydroxylation sites is 1. The van der Waals surface area contributed by atoms with Crippen molar-refractivity contribution in [3.63, 3.8) is 0 Å². The zero-order valence-corrected chi connectivity index (χ0v) is 17.2. The van der Waals surface area contributed by atoms with E-state index < -0.39 is 6.04 Å². The van der Waals surface area contributed by atoms with E-state index in [2.05, 4.69) is 21.7 Å². The van der Waals surface area contributed by atoms with Gasteiger partial charge in [0.05, 0.1) is 12.5 Å². The fourth-order valence-corrected chi connectivity index (χ4v) is 3.70. The minimum atomic E-state index is -0.401. The van der Waals surface area contributed by atoms with Crippen molar-refractivity contribution >= 4 is 22.7 Å². The quantitative estimate of drug-likeness (QED) is 0.402. The summed E-state index contributed by atoms with van der Waals surface area (Å²) in [6.07, 6.45) is 2.91. The lowest BCUT2D eigenvalue weighted by atomic mass is 10.0. The summed E-state index contributed by atoms with van der Waals surface area (Å²) in [5.41, 5.74) is 3.74. The smallest absolute Gasteiger partial charge is 0.251 e. The van der Waals surface area contributed by atoms with Crippen LogP contribution in [0.2, 0.25) is 0 Å². The molecular formula is C26H25N3O2. The molecule has 31 heavy (non-hydrogen) atoms. The first-order chi connectivity index (χ1) is 15.2. The minimum Gasteiger partial charge on any atom is -0.361 e. The maximum atomic E-state index is 12.7. The first-order valence-corrected chi connectivity index (χ1v) is 10.4. The van der Waals surface area contributed by atoms with Gasteiger partial charge in [-0.3, -0.25) is 9.59 Å². The lowest BCUT2D eigenvalue weighted by Gasteiger charge is -2.19. The van der Waals surface area contributed by atoms with E-state index in [9.17, 15) is 9.59 Å². The Labute approximate surface area is 181 Å². The van der Waals surface area contributed by atoms with Gasteiger partial charge in [0.1, 0.15) is 0 Å². The van der Waals surface area contributed by atoms with Crippen molar-refractivity contribution in [2.45, 2.75) is 18.9 Å². The molecule has 0 unspecified atom stereocenters. The molecule has 4 rings (SSSR count). The number of rotatable bonds is 8. The number of carbonyl (C=O) groups is 2. The summed E-state index contributed by atoms with van der Waals surface area (Å²) in [5, 5.41) is 7.17. The molecule has 4 aromatic rings. The largest absolute Gasteiger partial charge is 0.361 e. The predicted molar refractivity (Wildman–Crippen MR) is 123 cm³/mol. The summed E-state index contributed by atoms with van der Waals surface area (Å²) in [6, 6.07) is 26.4. The molecule has 2 amide bonds. The molecule has 0 aliphatic rings. The van der Waals surface area contributed by atoms with E-state index >= 15 is 0 Å². The number of hydrogen-bond acceptors (Lipinski definition) is 2. The zero-order valence-electron chi connectivity index (χ0n) is 17.2. The number of nitrogens with one attached hydrogen (secondary N) is 3. The highest BCUT2D eigenvalue weighted by Gasteiger charge is 2.19. The summed E-state index contributed by atoms with van der Waals surface area (Å²) < 4.78 is 0. The number of amides is 2. The Morgan fingerprint density at radius 1 is 0.839 bits per heavy atom. The number of benzene rings is 3. The molecule has 0 radical (unpaired) electrons. The Morgan fingerprint density at radius 2 is 1.52 bits per heavy atom. The summed E-state index contributed by atoms with van der Waals surface area (Å²) in [6.45, 7) is 0.537. The van der Waals surface area contributed by atoms with Crippen LogP contribution < -0.4 is 10.6 Å². The van der Waals surface area contributed by atoms with Gasteiger partial charge in [0.25, 0.3) is 5.91 Å². The van der Waals surface area contributed by atoms with Crippen LogP contribution in [-0.2, 0) is 11.2 Å². The van der Waals surface area contributed by atoms with Crippen molar-refractivity contribution in [2.24, 2.45) is 0 Å². The monoisotopic (exact) mass is 411 g/mol. The van der Waals surface area contributed by atoms with Crippen LogP contribution in [0.1, 0.15) is 33.9 Å². The second-order valence-electron chi connectivity index (χ2n) is 7.47. The van der Waals surface area contributed by atoms with Crippen molar-refractivity contribution in [1.82, 2.24) is 15.6 Å². The molecule has 156 valence electrons. The Morgan fingerprint density at radius 3 is 2.29 bits per heavy atom. The predicted octanol–water partition coefficient (Wildman–Crippen LogP) is 4.39. The van der Waals surface area contributed by atoms with Crippen molar-refractivity contribution in [3.8, 4) is 0 Å². The lowest BCUT2D eigenvalue weighted by Crippen LogP contribution is -2.34. The average Bonchev–Trinajstić information content (AvgIpc) is 3.23. The van der Waals surface area contributed by atoms with Gasteiger partial charge in [0.2, 0.25) is 5.91 Å². The third-order valence-corrected chi connectivity index (χ3v) is 5.32. The van der Waals surface area contributed by atoms with Gasteiger partial charge in [-0.2, -0.15) is 0 Å². The summed E-state index contributed by atoms with van der Waals surface area (Å²) >= 11 is 0. The second-order valence-corrected chi connectivity index (χ2v) is 7.47. The van der Waals surface area contributed by atoms with E-state index in [1.807, 2.05) is 72.9 Å². The molecule has 0 saturated heterocycles. The summed E-state index contributed by atoms with van der Waals surface area (Å²) in [4.78, 5) is 28.6. The normalized spacial score (nSPS) is 11.7. The van der Waals surface area contributed by atoms with Crippen LogP contribution in [0, 0.1) is 0 Å². The molecule has 0 aliphatic carbocycles. The molecule has 1 atom stereocenters. The molecule has 0 fully saturated rings. The van der Waals surface area contributed by atoms with Gasteiger partial charge in [-0.1, -0.05) is 66.7 Å². The molecule has 3 aromatic carbocycles. The van der Waals surface area contributed by atoms with Crippen LogP contribution in [0.3, 0.4) is 0 Å². The first-order valence-electron chi connectivity index (χ1n) is 10.4. The fourth-order valence-electron chi connectivity index (χ4n) is 3.70. The maximum Gasteiger partial charge on any atom is 0.251 e. The number of H-pyrrole nitrogens is 1. The summed E-state index contributed by atoms with van der Waals surface area (Å²) in [7, 11) is 0. The van der Waals surface area contributed by atoms with E-state index in [1.54, 1.807) is 12.1 Å². The van der Waals surface area contributed by atoms with E-state index in [1.165, 1.54) is 10.9 Å². The Balaban J connectivity index is 1.38. The van der Waals surface area contributed by atoms with Gasteiger partial charge in [-0.15, -0.1) is 0 Å². The molecule has 5 heteroatoms. The van der Waals surface area contributed by atoms with Gasteiger partial charge in [-0.05, 0) is 35.7 Å². The molecule has 0 bridgehead atoms. The summed E-state index contributed by atoms with van der Waals surface area (Å²) in [5.74, 6) is -0.289. The fraction of sp³-hybridized carbons (Fsp3) is 0.154. The second kappa shape index (κ2) is 9.76. The third kappa shape index (κ3) is 5.20.